The lowest BCUT2D eigenvalue weighted by molar-refractivity contribution is -0.118. The van der Waals surface area contributed by atoms with Gasteiger partial charge in [0.25, 0.3) is 5.91 Å². The van der Waals surface area contributed by atoms with E-state index < -0.39 is 0 Å². The molecule has 114 valence electrons. The van der Waals surface area contributed by atoms with Gasteiger partial charge in [-0.15, -0.1) is 0 Å². The zero-order valence-corrected chi connectivity index (χ0v) is 12.7. The van der Waals surface area contributed by atoms with Crippen LogP contribution >= 0.6 is 11.6 Å². The van der Waals surface area contributed by atoms with Gasteiger partial charge < -0.3 is 15.3 Å². The third-order valence-corrected chi connectivity index (χ3v) is 3.10. The average molecular weight is 319 g/mol. The number of carbonyl (C=O) groups is 1. The van der Waals surface area contributed by atoms with Gasteiger partial charge in [0.2, 0.25) is 0 Å². The SMILES string of the molecule is Cc1ccc(NC(=O)COc2ccc(Cl)cc2/C=N\O)cc1. The predicted octanol–water partition coefficient (Wildman–Crippen LogP) is 3.47. The summed E-state index contributed by atoms with van der Waals surface area (Å²) in [5.74, 6) is 0.118. The second-order valence-electron chi connectivity index (χ2n) is 4.63. The standard InChI is InChI=1S/C16H15ClN2O3/c1-11-2-5-14(6-3-11)19-16(20)10-22-15-7-4-13(17)8-12(15)9-18-21/h2-9,21H,10H2,1H3,(H,19,20)/b18-9-. The molecule has 0 aliphatic carbocycles. The number of carbonyl (C=O) groups excluding carboxylic acids is 1. The predicted molar refractivity (Wildman–Crippen MR) is 86.1 cm³/mol. The van der Waals surface area contributed by atoms with Gasteiger partial charge in [0.05, 0.1) is 6.21 Å². The van der Waals surface area contributed by atoms with Gasteiger partial charge in [-0.3, -0.25) is 4.79 Å². The highest BCUT2D eigenvalue weighted by molar-refractivity contribution is 6.30. The minimum atomic E-state index is -0.286. The Morgan fingerprint density at radius 3 is 2.73 bits per heavy atom. The maximum atomic E-state index is 11.9. The van der Waals surface area contributed by atoms with Crippen LogP contribution in [-0.4, -0.2) is 23.9 Å². The van der Waals surface area contributed by atoms with E-state index in [0.717, 1.165) is 5.56 Å². The first-order valence-electron chi connectivity index (χ1n) is 6.55. The lowest BCUT2D eigenvalue weighted by Gasteiger charge is -2.10. The number of hydrogen-bond donors (Lipinski definition) is 2. The fourth-order valence-electron chi connectivity index (χ4n) is 1.79. The first kappa shape index (κ1) is 15.9. The number of hydrogen-bond acceptors (Lipinski definition) is 4. The van der Waals surface area contributed by atoms with E-state index in [1.54, 1.807) is 18.2 Å². The number of amides is 1. The van der Waals surface area contributed by atoms with Gasteiger partial charge in [0.15, 0.2) is 6.61 Å². The molecule has 2 N–H and O–H groups in total. The van der Waals surface area contributed by atoms with Crippen LogP contribution in [-0.2, 0) is 4.79 Å². The summed E-state index contributed by atoms with van der Waals surface area (Å²) in [5, 5.41) is 14.8. The summed E-state index contributed by atoms with van der Waals surface area (Å²) in [4.78, 5) is 11.9. The molecular formula is C16H15ClN2O3. The highest BCUT2D eigenvalue weighted by atomic mass is 35.5. The Balaban J connectivity index is 1.97. The van der Waals surface area contributed by atoms with Gasteiger partial charge in [0.1, 0.15) is 5.75 Å². The van der Waals surface area contributed by atoms with Crippen molar-refractivity contribution in [1.82, 2.24) is 0 Å². The van der Waals surface area contributed by atoms with E-state index in [0.29, 0.717) is 22.0 Å². The van der Waals surface area contributed by atoms with Gasteiger partial charge in [-0.05, 0) is 37.3 Å². The summed E-state index contributed by atoms with van der Waals surface area (Å²) in [7, 11) is 0. The molecule has 0 radical (unpaired) electrons. The smallest absolute Gasteiger partial charge is 0.262 e. The first-order valence-corrected chi connectivity index (χ1v) is 6.92. The summed E-state index contributed by atoms with van der Waals surface area (Å²) < 4.78 is 5.43. The molecule has 0 heterocycles. The molecule has 5 nitrogen and oxygen atoms in total. The Hall–Kier alpha value is -2.53. The molecule has 0 bridgehead atoms. The summed E-state index contributed by atoms with van der Waals surface area (Å²) in [6.45, 7) is 1.81. The van der Waals surface area contributed by atoms with Gasteiger partial charge >= 0.3 is 0 Å². The monoisotopic (exact) mass is 318 g/mol. The third kappa shape index (κ3) is 4.49. The lowest BCUT2D eigenvalue weighted by Crippen LogP contribution is -2.20. The number of nitrogens with zero attached hydrogens (tertiary/aromatic N) is 1. The van der Waals surface area contributed by atoms with Crippen molar-refractivity contribution >= 4 is 29.4 Å². The highest BCUT2D eigenvalue weighted by Gasteiger charge is 2.07. The quantitative estimate of drug-likeness (QED) is 0.504. The summed E-state index contributed by atoms with van der Waals surface area (Å²) in [5.41, 5.74) is 2.30. The molecular weight excluding hydrogens is 304 g/mol. The van der Waals surface area contributed by atoms with Crippen LogP contribution in [0, 0.1) is 6.92 Å². The van der Waals surface area contributed by atoms with Gasteiger partial charge in [0, 0.05) is 16.3 Å². The fourth-order valence-corrected chi connectivity index (χ4v) is 1.97. The molecule has 0 aromatic heterocycles. The van der Waals surface area contributed by atoms with Crippen molar-refractivity contribution < 1.29 is 14.7 Å². The molecule has 0 saturated carbocycles. The van der Waals surface area contributed by atoms with Crippen LogP contribution in [0.2, 0.25) is 5.02 Å². The molecule has 6 heteroatoms. The Labute approximate surface area is 133 Å². The maximum absolute atomic E-state index is 11.9. The molecule has 1 amide bonds. The van der Waals surface area contributed by atoms with Crippen LogP contribution in [0.15, 0.2) is 47.6 Å². The minimum absolute atomic E-state index is 0.165. The Bertz CT molecular complexity index is 684. The van der Waals surface area contributed by atoms with Crippen molar-refractivity contribution in [2.45, 2.75) is 6.92 Å². The zero-order valence-electron chi connectivity index (χ0n) is 11.9. The summed E-state index contributed by atoms with van der Waals surface area (Å²) >= 11 is 5.86. The van der Waals surface area contributed by atoms with Gasteiger partial charge in [-0.1, -0.05) is 34.5 Å². The van der Waals surface area contributed by atoms with E-state index >= 15 is 0 Å². The van der Waals surface area contributed by atoms with E-state index in [9.17, 15) is 4.79 Å². The third-order valence-electron chi connectivity index (χ3n) is 2.86. The molecule has 2 rings (SSSR count). The number of anilines is 1. The van der Waals surface area contributed by atoms with Crippen LogP contribution in [0.3, 0.4) is 0 Å². The van der Waals surface area contributed by atoms with E-state index in [1.165, 1.54) is 6.21 Å². The maximum Gasteiger partial charge on any atom is 0.262 e. The highest BCUT2D eigenvalue weighted by Crippen LogP contribution is 2.21. The zero-order chi connectivity index (χ0) is 15.9. The van der Waals surface area contributed by atoms with Crippen LogP contribution in [0.1, 0.15) is 11.1 Å². The van der Waals surface area contributed by atoms with Crippen LogP contribution in [0.25, 0.3) is 0 Å². The number of ether oxygens (including phenoxy) is 1. The van der Waals surface area contributed by atoms with Crippen molar-refractivity contribution in [1.29, 1.82) is 0 Å². The second kappa shape index (κ2) is 7.47. The van der Waals surface area contributed by atoms with E-state index in [2.05, 4.69) is 10.5 Å². The largest absolute Gasteiger partial charge is 0.483 e. The van der Waals surface area contributed by atoms with E-state index in [-0.39, 0.29) is 12.5 Å². The Morgan fingerprint density at radius 2 is 2.05 bits per heavy atom. The Kier molecular flexibility index (Phi) is 5.38. The molecule has 0 aliphatic heterocycles. The lowest BCUT2D eigenvalue weighted by atomic mass is 10.2. The number of rotatable bonds is 5. The van der Waals surface area contributed by atoms with Gasteiger partial charge in [-0.25, -0.2) is 0 Å². The van der Waals surface area contributed by atoms with Crippen LogP contribution in [0.4, 0.5) is 5.69 Å². The molecule has 0 unspecified atom stereocenters. The minimum Gasteiger partial charge on any atom is -0.483 e. The van der Waals surface area contributed by atoms with E-state index in [4.69, 9.17) is 21.5 Å². The molecule has 0 atom stereocenters. The van der Waals surface area contributed by atoms with E-state index in [1.807, 2.05) is 31.2 Å². The molecule has 0 aliphatic rings. The molecule has 0 spiro atoms. The number of aryl methyl sites for hydroxylation is 1. The van der Waals surface area contributed by atoms with Crippen LogP contribution in [0.5, 0.6) is 5.75 Å². The normalized spacial score (nSPS) is 10.6. The van der Waals surface area contributed by atoms with Crippen molar-refractivity contribution in [3.8, 4) is 5.75 Å². The van der Waals surface area contributed by atoms with Crippen molar-refractivity contribution in [3.63, 3.8) is 0 Å². The molecule has 0 fully saturated rings. The Morgan fingerprint density at radius 1 is 1.32 bits per heavy atom. The molecule has 0 saturated heterocycles. The van der Waals surface area contributed by atoms with Crippen LogP contribution < -0.4 is 10.1 Å². The van der Waals surface area contributed by atoms with Crippen molar-refractivity contribution in [2.75, 3.05) is 11.9 Å². The number of nitrogens with one attached hydrogen (secondary N) is 1. The second-order valence-corrected chi connectivity index (χ2v) is 5.07. The molecule has 22 heavy (non-hydrogen) atoms. The van der Waals surface area contributed by atoms with Crippen molar-refractivity contribution in [3.05, 3.63) is 58.6 Å². The molecule has 2 aromatic carbocycles. The first-order chi connectivity index (χ1) is 10.6. The number of benzene rings is 2. The molecule has 2 aromatic rings. The summed E-state index contributed by atoms with van der Waals surface area (Å²) in [6.07, 6.45) is 1.19. The average Bonchev–Trinajstić information content (AvgIpc) is 2.49. The van der Waals surface area contributed by atoms with Crippen molar-refractivity contribution in [2.24, 2.45) is 5.16 Å². The number of halogens is 1. The topological polar surface area (TPSA) is 70.9 Å². The van der Waals surface area contributed by atoms with Gasteiger partial charge in [-0.2, -0.15) is 0 Å². The number of oxime groups is 1. The fraction of sp³-hybridized carbons (Fsp3) is 0.125. The summed E-state index contributed by atoms with van der Waals surface area (Å²) in [6, 6.07) is 12.3.